The number of amides is 1. The summed E-state index contributed by atoms with van der Waals surface area (Å²) in [5, 5.41) is 2.68. The number of anilines is 1. The van der Waals surface area contributed by atoms with Crippen molar-refractivity contribution in [2.24, 2.45) is 0 Å². The van der Waals surface area contributed by atoms with Gasteiger partial charge in [-0.2, -0.15) is 13.2 Å². The van der Waals surface area contributed by atoms with E-state index in [9.17, 15) is 18.0 Å². The van der Waals surface area contributed by atoms with Crippen LogP contribution in [-0.2, 0) is 4.79 Å². The summed E-state index contributed by atoms with van der Waals surface area (Å²) < 4.78 is 36.0. The van der Waals surface area contributed by atoms with Gasteiger partial charge in [-0.3, -0.25) is 4.79 Å². The molecule has 0 radical (unpaired) electrons. The van der Waals surface area contributed by atoms with Crippen LogP contribution >= 0.6 is 23.5 Å². The minimum Gasteiger partial charge on any atom is -0.318 e. The number of halogens is 3. The fourth-order valence-corrected chi connectivity index (χ4v) is 3.57. The summed E-state index contributed by atoms with van der Waals surface area (Å²) in [5.41, 5.74) is 0.177. The fraction of sp³-hybridized carbons (Fsp3) is 0.222. The zero-order valence-electron chi connectivity index (χ0n) is 7.80. The van der Waals surface area contributed by atoms with Crippen molar-refractivity contribution >= 4 is 35.1 Å². The van der Waals surface area contributed by atoms with Crippen molar-refractivity contribution in [1.82, 2.24) is 0 Å². The minimum atomic E-state index is -4.85. The molecule has 1 amide bonds. The average molecular weight is 265 g/mol. The zero-order valence-corrected chi connectivity index (χ0v) is 9.43. The van der Waals surface area contributed by atoms with Crippen LogP contribution in [0.3, 0.4) is 0 Å². The third-order valence-electron chi connectivity index (χ3n) is 1.89. The van der Waals surface area contributed by atoms with Gasteiger partial charge in [0.1, 0.15) is 0 Å². The van der Waals surface area contributed by atoms with Crippen LogP contribution in [0.25, 0.3) is 0 Å². The first-order chi connectivity index (χ1) is 7.47. The van der Waals surface area contributed by atoms with Crippen molar-refractivity contribution < 1.29 is 18.0 Å². The molecule has 16 heavy (non-hydrogen) atoms. The normalized spacial score (nSPS) is 14.7. The summed E-state index contributed by atoms with van der Waals surface area (Å²) in [6.07, 6.45) is -4.85. The Morgan fingerprint density at radius 2 is 1.94 bits per heavy atom. The lowest BCUT2D eigenvalue weighted by Crippen LogP contribution is -2.29. The van der Waals surface area contributed by atoms with Crippen molar-refractivity contribution in [3.8, 4) is 0 Å². The number of thioether (sulfide) groups is 2. The van der Waals surface area contributed by atoms with Crippen molar-refractivity contribution in [3.63, 3.8) is 0 Å². The zero-order chi connectivity index (χ0) is 11.8. The van der Waals surface area contributed by atoms with Crippen molar-refractivity contribution in [1.29, 1.82) is 0 Å². The van der Waals surface area contributed by atoms with Gasteiger partial charge in [0.15, 0.2) is 0 Å². The Morgan fingerprint density at radius 1 is 1.25 bits per heavy atom. The average Bonchev–Trinajstić information content (AvgIpc) is 2.63. The van der Waals surface area contributed by atoms with Gasteiger partial charge in [-0.1, -0.05) is 0 Å². The number of carbonyl (C=O) groups excluding carboxylic acids is 1. The van der Waals surface area contributed by atoms with E-state index in [1.165, 1.54) is 6.07 Å². The van der Waals surface area contributed by atoms with Gasteiger partial charge in [0.25, 0.3) is 0 Å². The Hall–Kier alpha value is -0.820. The Bertz CT molecular complexity index is 433. The van der Waals surface area contributed by atoms with Gasteiger partial charge >= 0.3 is 12.1 Å². The SMILES string of the molecule is O=C(Nc1ccc2c(c1)SCS2)C(F)(F)F. The molecule has 0 spiro atoms. The second kappa shape index (κ2) is 4.21. The molecule has 0 aromatic heterocycles. The van der Waals surface area contributed by atoms with Crippen LogP contribution in [-0.4, -0.2) is 17.2 Å². The lowest BCUT2D eigenvalue weighted by Gasteiger charge is -2.08. The molecule has 1 aromatic rings. The molecule has 0 aliphatic carbocycles. The van der Waals surface area contributed by atoms with Gasteiger partial charge < -0.3 is 5.32 Å². The van der Waals surface area contributed by atoms with Gasteiger partial charge in [-0.05, 0) is 18.2 Å². The molecule has 1 heterocycles. The van der Waals surface area contributed by atoms with Gasteiger partial charge in [-0.25, -0.2) is 0 Å². The maximum absolute atomic E-state index is 12.0. The summed E-state index contributed by atoms with van der Waals surface area (Å²) in [4.78, 5) is 12.6. The summed E-state index contributed by atoms with van der Waals surface area (Å²) >= 11 is 3.18. The lowest BCUT2D eigenvalue weighted by molar-refractivity contribution is -0.167. The van der Waals surface area contributed by atoms with Gasteiger partial charge in [0.2, 0.25) is 0 Å². The van der Waals surface area contributed by atoms with E-state index >= 15 is 0 Å². The molecule has 2 nitrogen and oxygen atoms in total. The quantitative estimate of drug-likeness (QED) is 0.844. The van der Waals surface area contributed by atoms with Crippen LogP contribution in [0.15, 0.2) is 28.0 Å². The number of alkyl halides is 3. The second-order valence-corrected chi connectivity index (χ2v) is 5.42. The molecular weight excluding hydrogens is 259 g/mol. The smallest absolute Gasteiger partial charge is 0.318 e. The third-order valence-corrected chi connectivity index (χ3v) is 4.28. The van der Waals surface area contributed by atoms with Crippen LogP contribution in [0.2, 0.25) is 0 Å². The number of carbonyl (C=O) groups is 1. The van der Waals surface area contributed by atoms with Gasteiger partial charge in [0, 0.05) is 20.6 Å². The molecule has 1 aromatic carbocycles. The van der Waals surface area contributed by atoms with Crippen LogP contribution in [0.5, 0.6) is 0 Å². The van der Waals surface area contributed by atoms with E-state index in [2.05, 4.69) is 0 Å². The largest absolute Gasteiger partial charge is 0.471 e. The molecule has 0 fully saturated rings. The first-order valence-electron chi connectivity index (χ1n) is 4.24. The highest BCUT2D eigenvalue weighted by Crippen LogP contribution is 2.42. The van der Waals surface area contributed by atoms with E-state index in [4.69, 9.17) is 0 Å². The molecule has 0 bridgehead atoms. The van der Waals surface area contributed by atoms with Crippen molar-refractivity contribution in [2.45, 2.75) is 16.0 Å². The number of benzene rings is 1. The predicted octanol–water partition coefficient (Wildman–Crippen LogP) is 3.34. The summed E-state index contributed by atoms with van der Waals surface area (Å²) in [5.74, 6) is -1.94. The molecule has 0 saturated heterocycles. The third kappa shape index (κ3) is 2.46. The molecular formula is C9H6F3NOS2. The topological polar surface area (TPSA) is 29.1 Å². The highest BCUT2D eigenvalue weighted by Gasteiger charge is 2.38. The van der Waals surface area contributed by atoms with E-state index < -0.39 is 12.1 Å². The highest BCUT2D eigenvalue weighted by molar-refractivity contribution is 8.18. The van der Waals surface area contributed by atoms with Crippen molar-refractivity contribution in [3.05, 3.63) is 18.2 Å². The van der Waals surface area contributed by atoms with Gasteiger partial charge in [-0.15, -0.1) is 23.5 Å². The monoisotopic (exact) mass is 265 g/mol. The molecule has 1 aliphatic heterocycles. The predicted molar refractivity (Wildman–Crippen MR) is 57.7 cm³/mol. The molecule has 0 saturated carbocycles. The molecule has 1 aliphatic rings. The first kappa shape index (κ1) is 11.7. The second-order valence-electron chi connectivity index (χ2n) is 3.02. The summed E-state index contributed by atoms with van der Waals surface area (Å²) in [6, 6.07) is 4.75. The molecule has 7 heteroatoms. The van der Waals surface area contributed by atoms with Crippen LogP contribution in [0, 0.1) is 0 Å². The van der Waals surface area contributed by atoms with E-state index in [0.29, 0.717) is 0 Å². The number of rotatable bonds is 1. The molecule has 86 valence electrons. The molecule has 2 rings (SSSR count). The van der Waals surface area contributed by atoms with Crippen LogP contribution in [0.4, 0.5) is 18.9 Å². The first-order valence-corrected chi connectivity index (χ1v) is 6.22. The number of nitrogens with one attached hydrogen (secondary N) is 1. The van der Waals surface area contributed by atoms with Crippen molar-refractivity contribution in [2.75, 3.05) is 10.4 Å². The Labute approximate surface area is 98.0 Å². The highest BCUT2D eigenvalue weighted by atomic mass is 32.2. The maximum atomic E-state index is 12.0. The minimum absolute atomic E-state index is 0.177. The summed E-state index contributed by atoms with van der Waals surface area (Å²) in [6.45, 7) is 0. The lowest BCUT2D eigenvalue weighted by atomic mass is 10.3. The number of fused-ring (bicyclic) bond motifs is 1. The van der Waals surface area contributed by atoms with Crippen LogP contribution in [0.1, 0.15) is 0 Å². The summed E-state index contributed by atoms with van der Waals surface area (Å²) in [7, 11) is 0. The van der Waals surface area contributed by atoms with E-state index in [1.54, 1.807) is 35.7 Å². The molecule has 0 unspecified atom stereocenters. The number of hydrogen-bond acceptors (Lipinski definition) is 3. The standard InChI is InChI=1S/C9H6F3NOS2/c10-9(11,12)8(14)13-5-1-2-6-7(3-5)16-4-15-6/h1-3H,4H2,(H,13,14). The van der Waals surface area contributed by atoms with Crippen LogP contribution < -0.4 is 5.32 Å². The van der Waals surface area contributed by atoms with Gasteiger partial charge in [0.05, 0.1) is 0 Å². The Balaban J connectivity index is 2.14. The molecule has 1 N–H and O–H groups in total. The van der Waals surface area contributed by atoms with E-state index in [0.717, 1.165) is 14.9 Å². The Kier molecular flexibility index (Phi) is 3.07. The maximum Gasteiger partial charge on any atom is 0.471 e. The van der Waals surface area contributed by atoms with E-state index in [1.807, 2.05) is 5.32 Å². The fourth-order valence-electron chi connectivity index (χ4n) is 1.18. The van der Waals surface area contributed by atoms with E-state index in [-0.39, 0.29) is 5.69 Å². The molecule has 0 atom stereocenters. The number of hydrogen-bond donors (Lipinski definition) is 1. The Morgan fingerprint density at radius 3 is 2.62 bits per heavy atom.